The van der Waals surface area contributed by atoms with Crippen LogP contribution in [0.1, 0.15) is 23.5 Å². The number of hydrogen-bond acceptors (Lipinski definition) is 2. The molecule has 2 aromatic rings. The quantitative estimate of drug-likeness (QED) is 0.930. The lowest BCUT2D eigenvalue weighted by Crippen LogP contribution is -2.46. The fraction of sp³-hybridized carbons (Fsp3) is 0.368. The number of piperidine rings is 1. The van der Waals surface area contributed by atoms with Crippen LogP contribution in [-0.2, 0) is 6.54 Å². The molecule has 1 aliphatic rings. The van der Waals surface area contributed by atoms with E-state index in [0.717, 1.165) is 25.1 Å². The Balaban J connectivity index is 1.72. The number of hydrogen-bond donors (Lipinski definition) is 1. The molecule has 2 aromatic carbocycles. The second kappa shape index (κ2) is 7.03. The highest BCUT2D eigenvalue weighted by Crippen LogP contribution is 2.27. The largest absolute Gasteiger partial charge is 0.309 e. The van der Waals surface area contributed by atoms with E-state index in [1.165, 1.54) is 11.6 Å². The maximum absolute atomic E-state index is 13.8. The lowest BCUT2D eigenvalue weighted by molar-refractivity contribution is 0.205. The lowest BCUT2D eigenvalue weighted by Gasteiger charge is -2.37. The summed E-state index contributed by atoms with van der Waals surface area (Å²) in [7, 11) is 2.17. The van der Waals surface area contributed by atoms with E-state index in [1.54, 1.807) is 6.07 Å². The van der Waals surface area contributed by atoms with Gasteiger partial charge in [-0.3, -0.25) is 0 Å². The minimum absolute atomic E-state index is 0.126. The number of rotatable bonds is 4. The predicted molar refractivity (Wildman–Crippen MR) is 88.3 cm³/mol. The molecule has 0 amide bonds. The third kappa shape index (κ3) is 3.54. The smallest absolute Gasteiger partial charge is 0.127 e. The molecule has 0 radical (unpaired) electrons. The summed E-state index contributed by atoms with van der Waals surface area (Å²) in [6.45, 7) is 2.71. The van der Waals surface area contributed by atoms with E-state index in [4.69, 9.17) is 0 Å². The van der Waals surface area contributed by atoms with E-state index in [9.17, 15) is 4.39 Å². The van der Waals surface area contributed by atoms with E-state index < -0.39 is 0 Å². The Kier molecular flexibility index (Phi) is 4.86. The molecule has 0 spiro atoms. The topological polar surface area (TPSA) is 15.3 Å². The molecule has 2 atom stereocenters. The molecule has 22 heavy (non-hydrogen) atoms. The molecule has 1 heterocycles. The molecular formula is C19H23FN2. The highest BCUT2D eigenvalue weighted by molar-refractivity contribution is 5.23. The fourth-order valence-corrected chi connectivity index (χ4v) is 3.28. The SMILES string of the molecule is CN1CCC(NCc2ccccc2F)C(c2ccccc2)C1. The van der Waals surface area contributed by atoms with Crippen LogP contribution in [0.2, 0.25) is 0 Å². The molecule has 0 aliphatic carbocycles. The summed E-state index contributed by atoms with van der Waals surface area (Å²) in [5.41, 5.74) is 2.10. The maximum Gasteiger partial charge on any atom is 0.127 e. The van der Waals surface area contributed by atoms with Gasteiger partial charge in [-0.15, -0.1) is 0 Å². The van der Waals surface area contributed by atoms with Crippen molar-refractivity contribution in [3.63, 3.8) is 0 Å². The molecule has 1 saturated heterocycles. The molecule has 2 unspecified atom stereocenters. The maximum atomic E-state index is 13.8. The summed E-state index contributed by atoms with van der Waals surface area (Å²) in [4.78, 5) is 2.37. The van der Waals surface area contributed by atoms with Crippen molar-refractivity contribution in [1.82, 2.24) is 10.2 Å². The average Bonchev–Trinajstić information content (AvgIpc) is 2.56. The first-order valence-corrected chi connectivity index (χ1v) is 7.94. The summed E-state index contributed by atoms with van der Waals surface area (Å²) in [6, 6.07) is 18.0. The molecule has 3 rings (SSSR count). The van der Waals surface area contributed by atoms with Crippen LogP contribution in [0.5, 0.6) is 0 Å². The summed E-state index contributed by atoms with van der Waals surface area (Å²) < 4.78 is 13.8. The molecule has 1 aliphatic heterocycles. The van der Waals surface area contributed by atoms with Crippen molar-refractivity contribution in [3.8, 4) is 0 Å². The number of nitrogens with one attached hydrogen (secondary N) is 1. The van der Waals surface area contributed by atoms with Gasteiger partial charge < -0.3 is 10.2 Å². The van der Waals surface area contributed by atoms with Crippen LogP contribution in [0.15, 0.2) is 54.6 Å². The third-order valence-electron chi connectivity index (χ3n) is 4.56. The second-order valence-electron chi connectivity index (χ2n) is 6.15. The Labute approximate surface area is 132 Å². The highest BCUT2D eigenvalue weighted by Gasteiger charge is 2.28. The van der Waals surface area contributed by atoms with Gasteiger partial charge in [0.2, 0.25) is 0 Å². The standard InChI is InChI=1S/C19H23FN2/c1-22-12-11-19(17(14-22)15-7-3-2-4-8-15)21-13-16-9-5-6-10-18(16)20/h2-10,17,19,21H,11-14H2,1H3. The van der Waals surface area contributed by atoms with Crippen molar-refractivity contribution in [2.24, 2.45) is 0 Å². The molecule has 116 valence electrons. The molecule has 0 bridgehead atoms. The average molecular weight is 298 g/mol. The van der Waals surface area contributed by atoms with Gasteiger partial charge in [0.1, 0.15) is 5.82 Å². The normalized spacial score (nSPS) is 22.6. The van der Waals surface area contributed by atoms with Gasteiger partial charge in [-0.2, -0.15) is 0 Å². The number of likely N-dealkylation sites (N-methyl/N-ethyl adjacent to an activating group) is 1. The van der Waals surface area contributed by atoms with E-state index in [-0.39, 0.29) is 5.82 Å². The first kappa shape index (κ1) is 15.2. The Morgan fingerprint density at radius 2 is 1.82 bits per heavy atom. The van der Waals surface area contributed by atoms with Crippen LogP contribution in [-0.4, -0.2) is 31.1 Å². The van der Waals surface area contributed by atoms with Gasteiger partial charge in [-0.25, -0.2) is 4.39 Å². The van der Waals surface area contributed by atoms with Gasteiger partial charge >= 0.3 is 0 Å². The molecule has 0 aromatic heterocycles. The summed E-state index contributed by atoms with van der Waals surface area (Å²) in [6.07, 6.45) is 1.09. The predicted octanol–water partition coefficient (Wildman–Crippen LogP) is 3.40. The van der Waals surface area contributed by atoms with Gasteiger partial charge in [0.15, 0.2) is 0 Å². The first-order valence-electron chi connectivity index (χ1n) is 7.94. The van der Waals surface area contributed by atoms with Crippen LogP contribution in [0.25, 0.3) is 0 Å². The van der Waals surface area contributed by atoms with Crippen LogP contribution in [0.4, 0.5) is 4.39 Å². The summed E-state index contributed by atoms with van der Waals surface area (Å²) >= 11 is 0. The molecule has 2 nitrogen and oxygen atoms in total. The zero-order valence-electron chi connectivity index (χ0n) is 13.0. The second-order valence-corrected chi connectivity index (χ2v) is 6.15. The molecule has 1 fully saturated rings. The van der Waals surface area contributed by atoms with E-state index >= 15 is 0 Å². The zero-order valence-corrected chi connectivity index (χ0v) is 13.0. The monoisotopic (exact) mass is 298 g/mol. The van der Waals surface area contributed by atoms with Crippen molar-refractivity contribution in [2.75, 3.05) is 20.1 Å². The van der Waals surface area contributed by atoms with Crippen molar-refractivity contribution < 1.29 is 4.39 Å². The Bertz CT molecular complexity index is 599. The van der Waals surface area contributed by atoms with Crippen molar-refractivity contribution in [3.05, 3.63) is 71.5 Å². The number of halogens is 1. The van der Waals surface area contributed by atoms with Crippen molar-refractivity contribution in [2.45, 2.75) is 24.9 Å². The summed E-state index contributed by atoms with van der Waals surface area (Å²) in [5, 5.41) is 3.58. The van der Waals surface area contributed by atoms with Crippen molar-refractivity contribution in [1.29, 1.82) is 0 Å². The van der Waals surface area contributed by atoms with E-state index in [1.807, 2.05) is 12.1 Å². The minimum Gasteiger partial charge on any atom is -0.309 e. The first-order chi connectivity index (χ1) is 10.7. The van der Waals surface area contributed by atoms with Crippen LogP contribution in [0.3, 0.4) is 0 Å². The minimum atomic E-state index is -0.126. The van der Waals surface area contributed by atoms with Crippen LogP contribution in [0, 0.1) is 5.82 Å². The van der Waals surface area contributed by atoms with Crippen molar-refractivity contribution >= 4 is 0 Å². The van der Waals surface area contributed by atoms with Gasteiger partial charge in [-0.1, -0.05) is 48.5 Å². The number of benzene rings is 2. The van der Waals surface area contributed by atoms with Gasteiger partial charge in [0.25, 0.3) is 0 Å². The van der Waals surface area contributed by atoms with E-state index in [2.05, 4.69) is 47.6 Å². The lowest BCUT2D eigenvalue weighted by atomic mass is 9.86. The van der Waals surface area contributed by atoms with E-state index in [0.29, 0.717) is 18.5 Å². The number of likely N-dealkylation sites (tertiary alicyclic amines) is 1. The fourth-order valence-electron chi connectivity index (χ4n) is 3.28. The van der Waals surface area contributed by atoms with Gasteiger partial charge in [-0.05, 0) is 31.6 Å². The van der Waals surface area contributed by atoms with Gasteiger partial charge in [0, 0.05) is 30.6 Å². The highest BCUT2D eigenvalue weighted by atomic mass is 19.1. The Morgan fingerprint density at radius 3 is 2.59 bits per heavy atom. The Morgan fingerprint density at radius 1 is 1.09 bits per heavy atom. The third-order valence-corrected chi connectivity index (χ3v) is 4.56. The van der Waals surface area contributed by atoms with Crippen LogP contribution >= 0.6 is 0 Å². The molecule has 1 N–H and O–H groups in total. The molecule has 3 heteroatoms. The molecule has 0 saturated carbocycles. The van der Waals surface area contributed by atoms with Gasteiger partial charge in [0.05, 0.1) is 0 Å². The summed E-state index contributed by atoms with van der Waals surface area (Å²) in [5.74, 6) is 0.325. The zero-order chi connectivity index (χ0) is 15.4. The number of nitrogens with zero attached hydrogens (tertiary/aromatic N) is 1. The van der Waals surface area contributed by atoms with Crippen LogP contribution < -0.4 is 5.32 Å². The molecular weight excluding hydrogens is 275 g/mol. The Hall–Kier alpha value is -1.71.